The average Bonchev–Trinajstić information content (AvgIpc) is 3.98. The molecule has 0 spiro atoms. The van der Waals surface area contributed by atoms with Gasteiger partial charge in [0, 0.05) is 31.3 Å². The zero-order valence-corrected chi connectivity index (χ0v) is 54.4. The Morgan fingerprint density at radius 1 is 0.500 bits per heavy atom. The molecule has 0 aromatic carbocycles. The van der Waals surface area contributed by atoms with Crippen molar-refractivity contribution in [2.75, 3.05) is 53.3 Å². The fourth-order valence-electron chi connectivity index (χ4n) is 11.0. The first-order valence-electron chi connectivity index (χ1n) is 34.4. The van der Waals surface area contributed by atoms with Gasteiger partial charge in [-0.15, -0.1) is 4.37 Å². The summed E-state index contributed by atoms with van der Waals surface area (Å²) < 4.78 is 43.6. The van der Waals surface area contributed by atoms with Gasteiger partial charge in [0.15, 0.2) is 6.10 Å². The number of carbonyl (C=O) groups excluding carboxylic acids is 4. The van der Waals surface area contributed by atoms with Crippen LogP contribution in [0.5, 0.6) is 5.88 Å². The van der Waals surface area contributed by atoms with Crippen LogP contribution in [0.4, 0.5) is 4.79 Å². The standard InChI is InChI=1S/C68H124N3O10S/c1-6-9-12-15-17-19-21-23-27-31-35-39-43-50-63(72)78-57-62(58-79-64(73)51-44-40-36-32-28-24-22-20-18-16-13-10-7-2)81-65(74)55-60(4)48-42-38-34-30-26-25-29-33-37-41-46-54-77-68(75)80-59-71(5)52-47-49-61(56-71)66-67(70-82-69-66)76-53-45-14-11-8-3/h49,60,62H,6-48,50-59H2,1-5H3/q+1. The van der Waals surface area contributed by atoms with Crippen LogP contribution in [0.2, 0.25) is 0 Å². The molecule has 1 aliphatic rings. The molecule has 0 aliphatic carbocycles. The zero-order chi connectivity index (χ0) is 59.2. The van der Waals surface area contributed by atoms with Crippen LogP contribution in [0.1, 0.15) is 329 Å². The molecular weight excluding hydrogens is 1050 g/mol. The van der Waals surface area contributed by atoms with Crippen LogP contribution in [-0.2, 0) is 38.1 Å². The number of carbonyl (C=O) groups is 4. The SMILES string of the molecule is CCCCCCCCCCCCCCCC(=O)OCC(COC(=O)CCCCCCCCCCCCCCC)OC(=O)CC(C)CCCCCCCCCCCCCOC(=O)OC[N+]1(C)CCC=C(c2nsnc2OCCCCCC)C1. The summed E-state index contributed by atoms with van der Waals surface area (Å²) in [5.41, 5.74) is 1.91. The van der Waals surface area contributed by atoms with Crippen LogP contribution < -0.4 is 4.74 Å². The molecule has 0 saturated carbocycles. The Hall–Kier alpha value is -3.26. The average molecular weight is 1180 g/mol. The second-order valence-corrected chi connectivity index (χ2v) is 25.2. The fraction of sp³-hybridized carbons (Fsp3) is 0.882. The third-order valence-corrected chi connectivity index (χ3v) is 16.8. The predicted molar refractivity (Wildman–Crippen MR) is 337 cm³/mol. The van der Waals surface area contributed by atoms with Gasteiger partial charge in [-0.25, -0.2) is 4.79 Å². The first kappa shape index (κ1) is 74.8. The molecule has 2 atom stereocenters. The summed E-state index contributed by atoms with van der Waals surface area (Å²) in [5.74, 6) is -0.134. The van der Waals surface area contributed by atoms with E-state index in [4.69, 9.17) is 28.4 Å². The van der Waals surface area contributed by atoms with Crippen LogP contribution >= 0.6 is 11.7 Å². The van der Waals surface area contributed by atoms with E-state index in [0.717, 1.165) is 114 Å². The van der Waals surface area contributed by atoms with Gasteiger partial charge >= 0.3 is 24.1 Å². The Bertz CT molecular complexity index is 1680. The molecule has 1 aromatic rings. The van der Waals surface area contributed by atoms with Crippen LogP contribution in [0.25, 0.3) is 5.57 Å². The molecular formula is C68H124N3O10S+. The Labute approximate surface area is 505 Å². The van der Waals surface area contributed by atoms with Crippen molar-refractivity contribution in [2.45, 2.75) is 329 Å². The van der Waals surface area contributed by atoms with E-state index in [0.29, 0.717) is 43.0 Å². The fourth-order valence-corrected chi connectivity index (χ4v) is 11.5. The first-order valence-corrected chi connectivity index (χ1v) is 35.1. The lowest BCUT2D eigenvalue weighted by molar-refractivity contribution is -0.919. The molecule has 1 aliphatic heterocycles. The highest BCUT2D eigenvalue weighted by atomic mass is 32.1. The van der Waals surface area contributed by atoms with Gasteiger partial charge in [0.25, 0.3) is 5.88 Å². The largest absolute Gasteiger partial charge is 0.512 e. The van der Waals surface area contributed by atoms with Crippen molar-refractivity contribution < 1.29 is 52.1 Å². The smallest absolute Gasteiger partial charge is 0.475 e. The maximum absolute atomic E-state index is 13.2. The summed E-state index contributed by atoms with van der Waals surface area (Å²) in [6, 6.07) is 0. The van der Waals surface area contributed by atoms with Crippen molar-refractivity contribution in [3.63, 3.8) is 0 Å². The summed E-state index contributed by atoms with van der Waals surface area (Å²) in [5, 5.41) is 0. The van der Waals surface area contributed by atoms with Gasteiger partial charge in [-0.1, -0.05) is 278 Å². The van der Waals surface area contributed by atoms with Gasteiger partial charge in [0.1, 0.15) is 25.5 Å². The van der Waals surface area contributed by atoms with E-state index >= 15 is 0 Å². The minimum absolute atomic E-state index is 0.0960. The van der Waals surface area contributed by atoms with E-state index in [1.54, 1.807) is 0 Å². The number of esters is 3. The van der Waals surface area contributed by atoms with Crippen molar-refractivity contribution in [3.8, 4) is 5.88 Å². The number of hydrogen-bond acceptors (Lipinski definition) is 13. The maximum Gasteiger partial charge on any atom is 0.512 e. The molecule has 0 radical (unpaired) electrons. The number of rotatable bonds is 58. The Balaban J connectivity index is 1.56. The summed E-state index contributed by atoms with van der Waals surface area (Å²) >= 11 is 1.18. The quantitative estimate of drug-likeness (QED) is 0.0264. The monoisotopic (exact) mass is 1170 g/mol. The summed E-state index contributed by atoms with van der Waals surface area (Å²) in [6.07, 6.45) is 53.0. The van der Waals surface area contributed by atoms with E-state index in [1.165, 1.54) is 192 Å². The minimum Gasteiger partial charge on any atom is -0.475 e. The van der Waals surface area contributed by atoms with Crippen LogP contribution in [0, 0.1) is 5.92 Å². The number of nitrogens with zero attached hydrogens (tertiary/aromatic N) is 3. The van der Waals surface area contributed by atoms with Crippen molar-refractivity contribution in [2.24, 2.45) is 5.92 Å². The third kappa shape index (κ3) is 43.4. The predicted octanol–water partition coefficient (Wildman–Crippen LogP) is 19.5. The van der Waals surface area contributed by atoms with E-state index in [1.807, 2.05) is 0 Å². The van der Waals surface area contributed by atoms with Gasteiger partial charge < -0.3 is 28.4 Å². The van der Waals surface area contributed by atoms with Gasteiger partial charge in [-0.2, -0.15) is 4.37 Å². The van der Waals surface area contributed by atoms with Gasteiger partial charge in [0.2, 0.25) is 6.73 Å². The highest BCUT2D eigenvalue weighted by molar-refractivity contribution is 6.99. The van der Waals surface area contributed by atoms with Gasteiger partial charge in [0.05, 0.1) is 38.5 Å². The van der Waals surface area contributed by atoms with Crippen molar-refractivity contribution in [3.05, 3.63) is 11.8 Å². The number of likely N-dealkylation sites (N-methyl/N-ethyl adjacent to an activating group) is 1. The molecule has 0 bridgehead atoms. The number of ether oxygens (including phenoxy) is 6. The molecule has 14 heteroatoms. The van der Waals surface area contributed by atoms with E-state index < -0.39 is 12.3 Å². The topological polar surface area (TPSA) is 149 Å². The van der Waals surface area contributed by atoms with Crippen LogP contribution in [0.15, 0.2) is 6.08 Å². The third-order valence-electron chi connectivity index (χ3n) is 16.3. The normalized spacial score (nSPS) is 14.6. The van der Waals surface area contributed by atoms with Crippen LogP contribution in [0.3, 0.4) is 0 Å². The summed E-state index contributed by atoms with van der Waals surface area (Å²) in [7, 11) is 2.10. The molecule has 82 heavy (non-hydrogen) atoms. The molecule has 1 aromatic heterocycles. The second kappa shape index (κ2) is 53.2. The molecule has 0 fully saturated rings. The van der Waals surface area contributed by atoms with Crippen LogP contribution in [-0.4, -0.2) is 96.7 Å². The second-order valence-electron chi connectivity index (χ2n) is 24.7. The Morgan fingerprint density at radius 2 is 0.915 bits per heavy atom. The Kier molecular flexibility index (Phi) is 48.6. The van der Waals surface area contributed by atoms with Crippen molar-refractivity contribution >= 4 is 41.4 Å². The molecule has 2 unspecified atom stereocenters. The molecule has 0 N–H and O–H groups in total. The summed E-state index contributed by atoms with van der Waals surface area (Å²) in [6.45, 7) is 11.5. The maximum atomic E-state index is 13.2. The van der Waals surface area contributed by atoms with Crippen molar-refractivity contribution in [1.29, 1.82) is 0 Å². The molecule has 0 saturated heterocycles. The van der Waals surface area contributed by atoms with E-state index in [-0.39, 0.29) is 50.2 Å². The number of hydrogen-bond donors (Lipinski definition) is 0. The molecule has 13 nitrogen and oxygen atoms in total. The Morgan fingerprint density at radius 3 is 1.39 bits per heavy atom. The first-order chi connectivity index (χ1) is 40.1. The minimum atomic E-state index is -0.808. The lowest BCUT2D eigenvalue weighted by Gasteiger charge is -2.36. The summed E-state index contributed by atoms with van der Waals surface area (Å²) in [4.78, 5) is 51.1. The molecule has 476 valence electrons. The van der Waals surface area contributed by atoms with Crippen molar-refractivity contribution in [1.82, 2.24) is 8.75 Å². The van der Waals surface area contributed by atoms with E-state index in [2.05, 4.69) is 49.6 Å². The molecule has 2 heterocycles. The lowest BCUT2D eigenvalue weighted by Crippen LogP contribution is -2.49. The number of unbranched alkanes of at least 4 members (excludes halogenated alkanes) is 37. The number of quaternary nitrogens is 1. The molecule has 2 rings (SSSR count). The van der Waals surface area contributed by atoms with Gasteiger partial charge in [-0.3, -0.25) is 18.9 Å². The van der Waals surface area contributed by atoms with E-state index in [9.17, 15) is 19.2 Å². The lowest BCUT2D eigenvalue weighted by atomic mass is 9.99. The molecule has 0 amide bonds. The van der Waals surface area contributed by atoms with Gasteiger partial charge in [-0.05, 0) is 31.6 Å². The highest BCUT2D eigenvalue weighted by Crippen LogP contribution is 2.30. The number of aromatic nitrogens is 2. The highest BCUT2D eigenvalue weighted by Gasteiger charge is 2.31. The zero-order valence-electron chi connectivity index (χ0n) is 53.5.